The van der Waals surface area contributed by atoms with Crippen LogP contribution >= 0.6 is 11.3 Å². The van der Waals surface area contributed by atoms with E-state index in [1.54, 1.807) is 11.3 Å². The molecule has 0 spiro atoms. The number of nitrogens with zero attached hydrogens (tertiary/aromatic N) is 5. The van der Waals surface area contributed by atoms with Crippen LogP contribution in [0.5, 0.6) is 0 Å². The zero-order chi connectivity index (χ0) is 22.1. The van der Waals surface area contributed by atoms with Gasteiger partial charge in [-0.05, 0) is 56.8 Å². The molecule has 1 aromatic carbocycles. The molecule has 1 saturated heterocycles. The summed E-state index contributed by atoms with van der Waals surface area (Å²) in [5, 5.41) is 10.0. The molecule has 1 aliphatic carbocycles. The van der Waals surface area contributed by atoms with Crippen molar-refractivity contribution >= 4 is 27.2 Å². The summed E-state index contributed by atoms with van der Waals surface area (Å²) in [5.41, 5.74) is 4.84. The Hall–Kier alpha value is -2.12. The van der Waals surface area contributed by atoms with Crippen LogP contribution in [0.15, 0.2) is 18.2 Å². The Morgan fingerprint density at radius 2 is 1.81 bits per heavy atom. The maximum absolute atomic E-state index is 5.10. The fourth-order valence-corrected chi connectivity index (χ4v) is 5.96. The molecule has 1 aliphatic heterocycles. The SMILES string of the molecule is CCCN1CCN(c2nn3c(NC4CCCCC4)c(-c4ccc(C)c(C)c4)nc3s2)CC1. The summed E-state index contributed by atoms with van der Waals surface area (Å²) in [6.07, 6.45) is 7.66. The lowest BCUT2D eigenvalue weighted by Gasteiger charge is -2.34. The summed E-state index contributed by atoms with van der Waals surface area (Å²) in [4.78, 5) is 11.1. The molecule has 1 N–H and O–H groups in total. The maximum Gasteiger partial charge on any atom is 0.216 e. The normalized spacial score (nSPS) is 18.5. The number of aromatic nitrogens is 3. The molecule has 0 unspecified atom stereocenters. The van der Waals surface area contributed by atoms with Gasteiger partial charge in [0, 0.05) is 37.8 Å². The highest BCUT2D eigenvalue weighted by Crippen LogP contribution is 2.36. The van der Waals surface area contributed by atoms with E-state index in [4.69, 9.17) is 10.1 Å². The van der Waals surface area contributed by atoms with Crippen LogP contribution in [0.1, 0.15) is 56.6 Å². The summed E-state index contributed by atoms with van der Waals surface area (Å²) in [7, 11) is 0. The molecule has 0 bridgehead atoms. The van der Waals surface area contributed by atoms with Gasteiger partial charge in [-0.1, -0.05) is 49.7 Å². The van der Waals surface area contributed by atoms with Gasteiger partial charge in [-0.15, -0.1) is 5.10 Å². The number of imidazole rings is 1. The maximum atomic E-state index is 5.10. The van der Waals surface area contributed by atoms with Gasteiger partial charge < -0.3 is 10.2 Å². The van der Waals surface area contributed by atoms with Gasteiger partial charge in [0.2, 0.25) is 10.1 Å². The largest absolute Gasteiger partial charge is 0.365 e. The predicted octanol–water partition coefficient (Wildman–Crippen LogP) is 5.35. The highest BCUT2D eigenvalue weighted by Gasteiger charge is 2.25. The van der Waals surface area contributed by atoms with E-state index in [0.717, 1.165) is 47.8 Å². The summed E-state index contributed by atoms with van der Waals surface area (Å²) in [6, 6.07) is 7.18. The van der Waals surface area contributed by atoms with Crippen LogP contribution in [0.2, 0.25) is 0 Å². The van der Waals surface area contributed by atoms with Crippen molar-refractivity contribution in [3.63, 3.8) is 0 Å². The third-order valence-corrected chi connectivity index (χ3v) is 8.07. The van der Waals surface area contributed by atoms with Gasteiger partial charge in [0.15, 0.2) is 5.82 Å². The molecule has 2 fully saturated rings. The lowest BCUT2D eigenvalue weighted by molar-refractivity contribution is 0.258. The average molecular weight is 453 g/mol. The number of rotatable bonds is 6. The first kappa shape index (κ1) is 21.7. The Bertz CT molecular complexity index is 1060. The quantitative estimate of drug-likeness (QED) is 0.546. The molecule has 2 aliphatic rings. The number of fused-ring (bicyclic) bond motifs is 1. The molecular weight excluding hydrogens is 416 g/mol. The van der Waals surface area contributed by atoms with Gasteiger partial charge in [-0.2, -0.15) is 4.52 Å². The summed E-state index contributed by atoms with van der Waals surface area (Å²) in [6.45, 7) is 12.1. The molecular formula is C25H36N6S. The monoisotopic (exact) mass is 452 g/mol. The van der Waals surface area contributed by atoms with Crippen LogP contribution < -0.4 is 10.2 Å². The van der Waals surface area contributed by atoms with Gasteiger partial charge in [0.25, 0.3) is 0 Å². The van der Waals surface area contributed by atoms with Gasteiger partial charge in [0.1, 0.15) is 5.69 Å². The zero-order valence-electron chi connectivity index (χ0n) is 19.7. The van der Waals surface area contributed by atoms with Crippen molar-refractivity contribution in [3.05, 3.63) is 29.3 Å². The standard InChI is InChI=1S/C25H36N6S/c1-4-12-29-13-15-30(16-14-29)25-28-31-23(26-21-8-6-5-7-9-21)22(27-24(31)32-25)20-11-10-18(2)19(3)17-20/h10-11,17,21,26H,4-9,12-16H2,1-3H3. The topological polar surface area (TPSA) is 48.7 Å². The van der Waals surface area contributed by atoms with Crippen molar-refractivity contribution in [3.8, 4) is 11.3 Å². The van der Waals surface area contributed by atoms with E-state index in [2.05, 4.69) is 58.6 Å². The Kier molecular flexibility index (Phi) is 6.37. The van der Waals surface area contributed by atoms with Crippen molar-refractivity contribution < 1.29 is 0 Å². The van der Waals surface area contributed by atoms with Gasteiger partial charge >= 0.3 is 0 Å². The van der Waals surface area contributed by atoms with Crippen molar-refractivity contribution in [2.45, 2.75) is 65.3 Å². The minimum absolute atomic E-state index is 0.511. The molecule has 3 heterocycles. The van der Waals surface area contributed by atoms with Gasteiger partial charge in [-0.3, -0.25) is 4.90 Å². The van der Waals surface area contributed by atoms with Crippen molar-refractivity contribution in [1.82, 2.24) is 19.5 Å². The Morgan fingerprint density at radius 3 is 2.53 bits per heavy atom. The fourth-order valence-electron chi connectivity index (χ4n) is 5.00. The molecule has 0 amide bonds. The molecule has 3 aromatic rings. The number of benzene rings is 1. The first-order valence-electron chi connectivity index (χ1n) is 12.3. The second-order valence-corrected chi connectivity index (χ2v) is 10.4. The van der Waals surface area contributed by atoms with Crippen LogP contribution in [0.4, 0.5) is 10.9 Å². The van der Waals surface area contributed by atoms with Crippen LogP contribution in [0, 0.1) is 13.8 Å². The highest BCUT2D eigenvalue weighted by molar-refractivity contribution is 7.20. The number of anilines is 2. The smallest absolute Gasteiger partial charge is 0.216 e. The Morgan fingerprint density at radius 1 is 1.03 bits per heavy atom. The number of aryl methyl sites for hydroxylation is 2. The second kappa shape index (κ2) is 9.40. The average Bonchev–Trinajstić information content (AvgIpc) is 3.36. The summed E-state index contributed by atoms with van der Waals surface area (Å²) < 4.78 is 2.08. The van der Waals surface area contributed by atoms with Crippen molar-refractivity contribution in [2.24, 2.45) is 0 Å². The van der Waals surface area contributed by atoms with Gasteiger partial charge in [-0.25, -0.2) is 4.98 Å². The third-order valence-electron chi connectivity index (χ3n) is 7.10. The van der Waals surface area contributed by atoms with E-state index in [-0.39, 0.29) is 0 Å². The third kappa shape index (κ3) is 4.37. The van der Waals surface area contributed by atoms with Crippen LogP contribution in [-0.2, 0) is 0 Å². The number of hydrogen-bond donors (Lipinski definition) is 1. The minimum Gasteiger partial charge on any atom is -0.365 e. The first-order valence-corrected chi connectivity index (χ1v) is 13.1. The Labute approximate surface area is 195 Å². The molecule has 2 aromatic heterocycles. The van der Waals surface area contributed by atoms with Crippen LogP contribution in [0.25, 0.3) is 16.2 Å². The summed E-state index contributed by atoms with van der Waals surface area (Å²) in [5.74, 6) is 1.07. The number of nitrogens with one attached hydrogen (secondary N) is 1. The number of piperazine rings is 1. The molecule has 1 saturated carbocycles. The van der Waals surface area contributed by atoms with E-state index in [1.165, 1.54) is 61.8 Å². The molecule has 6 nitrogen and oxygen atoms in total. The van der Waals surface area contributed by atoms with E-state index < -0.39 is 0 Å². The number of hydrogen-bond acceptors (Lipinski definition) is 6. The van der Waals surface area contributed by atoms with Crippen LogP contribution in [-0.4, -0.2) is 58.3 Å². The molecule has 0 radical (unpaired) electrons. The molecule has 5 rings (SSSR count). The van der Waals surface area contributed by atoms with E-state index >= 15 is 0 Å². The fraction of sp³-hybridized carbons (Fsp3) is 0.600. The summed E-state index contributed by atoms with van der Waals surface area (Å²) >= 11 is 1.73. The lowest BCUT2D eigenvalue weighted by atomic mass is 9.95. The lowest BCUT2D eigenvalue weighted by Crippen LogP contribution is -2.46. The van der Waals surface area contributed by atoms with Crippen LogP contribution in [0.3, 0.4) is 0 Å². The van der Waals surface area contributed by atoms with Crippen molar-refractivity contribution in [2.75, 3.05) is 42.9 Å². The molecule has 7 heteroatoms. The minimum atomic E-state index is 0.511. The first-order chi connectivity index (χ1) is 15.6. The van der Waals surface area contributed by atoms with E-state index in [9.17, 15) is 0 Å². The molecule has 172 valence electrons. The molecule has 0 atom stereocenters. The van der Waals surface area contributed by atoms with Crippen molar-refractivity contribution in [1.29, 1.82) is 0 Å². The van der Waals surface area contributed by atoms with Gasteiger partial charge in [0.05, 0.1) is 0 Å². The van der Waals surface area contributed by atoms with E-state index in [0.29, 0.717) is 6.04 Å². The second-order valence-electron chi connectivity index (χ2n) is 9.50. The zero-order valence-corrected chi connectivity index (χ0v) is 20.5. The molecule has 32 heavy (non-hydrogen) atoms. The predicted molar refractivity (Wildman–Crippen MR) is 135 cm³/mol. The van der Waals surface area contributed by atoms with E-state index in [1.807, 2.05) is 0 Å². The highest BCUT2D eigenvalue weighted by atomic mass is 32.1. The Balaban J connectivity index is 1.47.